The lowest BCUT2D eigenvalue weighted by Gasteiger charge is -2.07. The van der Waals surface area contributed by atoms with E-state index in [2.05, 4.69) is 6.92 Å². The van der Waals surface area contributed by atoms with E-state index < -0.39 is 0 Å². The number of Topliss-reactive ketones (excluding diaryl/α,β-unsaturated/α-hetero) is 1. The van der Waals surface area contributed by atoms with E-state index in [1.165, 1.54) is 6.92 Å². The van der Waals surface area contributed by atoms with Crippen molar-refractivity contribution in [2.75, 3.05) is 0 Å². The molecule has 1 atom stereocenters. The fraction of sp³-hybridized carbons (Fsp3) is 0.312. The molecular weight excluding hydrogens is 276 g/mol. The maximum absolute atomic E-state index is 11.3. The molecular formula is C16H15ClO3. The van der Waals surface area contributed by atoms with Crippen LogP contribution < -0.4 is 4.74 Å². The molecule has 1 aliphatic heterocycles. The van der Waals surface area contributed by atoms with Gasteiger partial charge in [-0.15, -0.1) is 0 Å². The Bertz CT molecular complexity index is 672. The molecule has 1 aliphatic rings. The Hall–Kier alpha value is -1.74. The molecule has 2 aromatic rings. The van der Waals surface area contributed by atoms with Gasteiger partial charge in [0.25, 0.3) is 0 Å². The molecule has 3 nitrogen and oxygen atoms in total. The second-order valence-corrected chi connectivity index (χ2v) is 5.43. The predicted molar refractivity (Wildman–Crippen MR) is 77.6 cm³/mol. The number of ketones is 1. The van der Waals surface area contributed by atoms with E-state index in [9.17, 15) is 4.79 Å². The predicted octanol–water partition coefficient (Wildman–Crippen LogP) is 4.52. The summed E-state index contributed by atoms with van der Waals surface area (Å²) < 4.78 is 11.4. The SMILES string of the molecule is CCC1Cc2cc(-c3ccc(C(C)=O)o3)cc(Cl)c2O1. The quantitative estimate of drug-likeness (QED) is 0.780. The molecule has 2 heterocycles. The highest BCUT2D eigenvalue weighted by Gasteiger charge is 2.25. The third kappa shape index (κ3) is 2.22. The summed E-state index contributed by atoms with van der Waals surface area (Å²) in [4.78, 5) is 11.3. The first-order valence-electron chi connectivity index (χ1n) is 6.68. The van der Waals surface area contributed by atoms with Crippen LogP contribution >= 0.6 is 11.6 Å². The van der Waals surface area contributed by atoms with E-state index in [-0.39, 0.29) is 11.9 Å². The number of furan rings is 1. The van der Waals surface area contributed by atoms with Crippen LogP contribution in [0.15, 0.2) is 28.7 Å². The van der Waals surface area contributed by atoms with Gasteiger partial charge in [0.1, 0.15) is 17.6 Å². The maximum Gasteiger partial charge on any atom is 0.194 e. The van der Waals surface area contributed by atoms with E-state index in [0.717, 1.165) is 29.7 Å². The van der Waals surface area contributed by atoms with Crippen LogP contribution in [0.2, 0.25) is 5.02 Å². The Morgan fingerprint density at radius 1 is 1.40 bits per heavy atom. The summed E-state index contributed by atoms with van der Waals surface area (Å²) in [5, 5.41) is 0.592. The van der Waals surface area contributed by atoms with Crippen molar-refractivity contribution in [2.24, 2.45) is 0 Å². The molecule has 0 spiro atoms. The fourth-order valence-electron chi connectivity index (χ4n) is 2.44. The highest BCUT2D eigenvalue weighted by atomic mass is 35.5. The monoisotopic (exact) mass is 290 g/mol. The van der Waals surface area contributed by atoms with Gasteiger partial charge in [0.15, 0.2) is 11.5 Å². The normalized spacial score (nSPS) is 16.9. The number of fused-ring (bicyclic) bond motifs is 1. The highest BCUT2D eigenvalue weighted by Crippen LogP contribution is 2.40. The van der Waals surface area contributed by atoms with Gasteiger partial charge in [-0.1, -0.05) is 18.5 Å². The maximum atomic E-state index is 11.3. The number of ether oxygens (including phenoxy) is 1. The minimum Gasteiger partial charge on any atom is -0.488 e. The van der Waals surface area contributed by atoms with Crippen LogP contribution in [0.1, 0.15) is 36.4 Å². The molecule has 0 fully saturated rings. The van der Waals surface area contributed by atoms with E-state index in [1.807, 2.05) is 12.1 Å². The third-order valence-electron chi connectivity index (χ3n) is 3.55. The second kappa shape index (κ2) is 4.98. The van der Waals surface area contributed by atoms with Crippen molar-refractivity contribution in [3.63, 3.8) is 0 Å². The third-order valence-corrected chi connectivity index (χ3v) is 3.83. The van der Waals surface area contributed by atoms with Crippen molar-refractivity contribution < 1.29 is 13.9 Å². The zero-order valence-corrected chi connectivity index (χ0v) is 12.2. The van der Waals surface area contributed by atoms with Crippen LogP contribution in [-0.4, -0.2) is 11.9 Å². The first-order valence-corrected chi connectivity index (χ1v) is 7.06. The van der Waals surface area contributed by atoms with Gasteiger partial charge in [0.2, 0.25) is 0 Å². The molecule has 3 rings (SSSR count). The molecule has 20 heavy (non-hydrogen) atoms. The average Bonchev–Trinajstić information content (AvgIpc) is 3.05. The molecule has 104 valence electrons. The van der Waals surface area contributed by atoms with Crippen LogP contribution in [0.25, 0.3) is 11.3 Å². The topological polar surface area (TPSA) is 39.4 Å². The van der Waals surface area contributed by atoms with Crippen molar-refractivity contribution in [3.8, 4) is 17.1 Å². The van der Waals surface area contributed by atoms with Crippen LogP contribution in [0.4, 0.5) is 0 Å². The minimum absolute atomic E-state index is 0.0853. The zero-order valence-electron chi connectivity index (χ0n) is 11.4. The molecule has 0 N–H and O–H groups in total. The Labute approximate surface area is 122 Å². The van der Waals surface area contributed by atoms with E-state index >= 15 is 0 Å². The number of rotatable bonds is 3. The van der Waals surface area contributed by atoms with Gasteiger partial charge in [0, 0.05) is 24.5 Å². The molecule has 0 amide bonds. The van der Waals surface area contributed by atoms with E-state index in [4.69, 9.17) is 20.8 Å². The number of carbonyl (C=O) groups is 1. The smallest absolute Gasteiger partial charge is 0.194 e. The largest absolute Gasteiger partial charge is 0.488 e. The summed E-state index contributed by atoms with van der Waals surface area (Å²) in [7, 11) is 0. The fourth-order valence-corrected chi connectivity index (χ4v) is 2.72. The van der Waals surface area contributed by atoms with Crippen LogP contribution in [0.3, 0.4) is 0 Å². The molecule has 0 saturated carbocycles. The first-order chi connectivity index (χ1) is 9.58. The Morgan fingerprint density at radius 3 is 2.85 bits per heavy atom. The van der Waals surface area contributed by atoms with E-state index in [1.54, 1.807) is 12.1 Å². The molecule has 1 aromatic carbocycles. The molecule has 1 unspecified atom stereocenters. The lowest BCUT2D eigenvalue weighted by atomic mass is 10.0. The standard InChI is InChI=1S/C16H15ClO3/c1-3-12-7-11-6-10(8-13(17)16(11)19-12)15-5-4-14(20-15)9(2)18/h4-6,8,12H,3,7H2,1-2H3. The van der Waals surface area contributed by atoms with Gasteiger partial charge < -0.3 is 9.15 Å². The summed E-state index contributed by atoms with van der Waals surface area (Å²) in [6.07, 6.45) is 2.01. The Balaban J connectivity index is 2.00. The Kier molecular flexibility index (Phi) is 3.30. The summed E-state index contributed by atoms with van der Waals surface area (Å²) >= 11 is 6.28. The molecule has 1 aromatic heterocycles. The van der Waals surface area contributed by atoms with Gasteiger partial charge >= 0.3 is 0 Å². The molecule has 4 heteroatoms. The number of hydrogen-bond acceptors (Lipinski definition) is 3. The first kappa shape index (κ1) is 13.3. The summed E-state index contributed by atoms with van der Waals surface area (Å²) in [5.74, 6) is 1.71. The molecule has 0 aliphatic carbocycles. The molecule has 0 saturated heterocycles. The van der Waals surface area contributed by atoms with E-state index in [0.29, 0.717) is 16.5 Å². The van der Waals surface area contributed by atoms with Gasteiger partial charge in [0.05, 0.1) is 5.02 Å². The highest BCUT2D eigenvalue weighted by molar-refractivity contribution is 6.32. The van der Waals surface area contributed by atoms with Gasteiger partial charge in [-0.05, 0) is 30.7 Å². The van der Waals surface area contributed by atoms with Crippen molar-refractivity contribution in [3.05, 3.63) is 40.6 Å². The molecule has 0 bridgehead atoms. The van der Waals surface area contributed by atoms with Gasteiger partial charge in [-0.3, -0.25) is 4.79 Å². The number of carbonyl (C=O) groups excluding carboxylic acids is 1. The summed E-state index contributed by atoms with van der Waals surface area (Å²) in [5.41, 5.74) is 1.97. The summed E-state index contributed by atoms with van der Waals surface area (Å²) in [6, 6.07) is 7.33. The van der Waals surface area contributed by atoms with Crippen molar-refractivity contribution in [1.29, 1.82) is 0 Å². The summed E-state index contributed by atoms with van der Waals surface area (Å²) in [6.45, 7) is 3.58. The average molecular weight is 291 g/mol. The van der Waals surface area contributed by atoms with Gasteiger partial charge in [-0.25, -0.2) is 0 Å². The van der Waals surface area contributed by atoms with Crippen molar-refractivity contribution >= 4 is 17.4 Å². The Morgan fingerprint density at radius 2 is 2.20 bits per heavy atom. The van der Waals surface area contributed by atoms with Crippen molar-refractivity contribution in [1.82, 2.24) is 0 Å². The molecule has 0 radical (unpaired) electrons. The second-order valence-electron chi connectivity index (χ2n) is 5.02. The van der Waals surface area contributed by atoms with Crippen LogP contribution in [-0.2, 0) is 6.42 Å². The van der Waals surface area contributed by atoms with Crippen LogP contribution in [0, 0.1) is 0 Å². The minimum atomic E-state index is -0.0853. The van der Waals surface area contributed by atoms with Crippen LogP contribution in [0.5, 0.6) is 5.75 Å². The lowest BCUT2D eigenvalue weighted by molar-refractivity contribution is 0.0988. The lowest BCUT2D eigenvalue weighted by Crippen LogP contribution is -2.10. The van der Waals surface area contributed by atoms with Gasteiger partial charge in [-0.2, -0.15) is 0 Å². The number of hydrogen-bond donors (Lipinski definition) is 0. The number of benzene rings is 1. The zero-order chi connectivity index (χ0) is 14.3. The van der Waals surface area contributed by atoms with Crippen molar-refractivity contribution in [2.45, 2.75) is 32.8 Å². The number of halogens is 1.